The summed E-state index contributed by atoms with van der Waals surface area (Å²) < 4.78 is 29.1. The average molecular weight is 266 g/mol. The molecule has 17 heavy (non-hydrogen) atoms. The van der Waals surface area contributed by atoms with Crippen LogP contribution in [0.2, 0.25) is 0 Å². The molecule has 6 nitrogen and oxygen atoms in total. The molecule has 0 saturated heterocycles. The third-order valence-corrected chi connectivity index (χ3v) is 2.64. The van der Waals surface area contributed by atoms with Gasteiger partial charge in [0.05, 0.1) is 12.9 Å². The molecule has 7 heteroatoms. The van der Waals surface area contributed by atoms with Crippen molar-refractivity contribution in [1.82, 2.24) is 10.0 Å². The summed E-state index contributed by atoms with van der Waals surface area (Å²) in [6.07, 6.45) is 1.25. The first-order valence-corrected chi connectivity index (χ1v) is 7.51. The Kier molecular flexibility index (Phi) is 7.13. The van der Waals surface area contributed by atoms with E-state index in [-0.39, 0.29) is 12.6 Å². The van der Waals surface area contributed by atoms with Gasteiger partial charge < -0.3 is 10.1 Å². The Bertz CT molecular complexity index is 327. The van der Waals surface area contributed by atoms with Gasteiger partial charge in [-0.05, 0) is 19.3 Å². The highest BCUT2D eigenvalue weighted by molar-refractivity contribution is 7.88. The highest BCUT2D eigenvalue weighted by Gasteiger charge is 2.16. The largest absolute Gasteiger partial charge is 0.450 e. The number of ether oxygens (including phenoxy) is 1. The molecule has 0 unspecified atom stereocenters. The van der Waals surface area contributed by atoms with E-state index in [9.17, 15) is 13.2 Å². The molecular weight excluding hydrogens is 244 g/mol. The van der Waals surface area contributed by atoms with Gasteiger partial charge in [0.25, 0.3) is 0 Å². The van der Waals surface area contributed by atoms with E-state index in [1.165, 1.54) is 0 Å². The maximum Gasteiger partial charge on any atom is 0.407 e. The Morgan fingerprint density at radius 2 is 1.94 bits per heavy atom. The Labute approximate surface area is 103 Å². The zero-order valence-corrected chi connectivity index (χ0v) is 11.6. The van der Waals surface area contributed by atoms with Crippen LogP contribution in [0.4, 0.5) is 4.79 Å². The average Bonchev–Trinajstić information content (AvgIpc) is 2.12. The maximum atomic E-state index is 11.2. The summed E-state index contributed by atoms with van der Waals surface area (Å²) in [5.41, 5.74) is 0. The molecule has 0 fully saturated rings. The van der Waals surface area contributed by atoms with Crippen LogP contribution in [0.1, 0.15) is 27.2 Å². The number of nitrogens with one attached hydrogen (secondary N) is 2. The zero-order chi connectivity index (χ0) is 13.5. The van der Waals surface area contributed by atoms with Gasteiger partial charge in [-0.1, -0.05) is 13.8 Å². The predicted molar refractivity (Wildman–Crippen MR) is 66.2 cm³/mol. The Hall–Kier alpha value is -0.820. The summed E-state index contributed by atoms with van der Waals surface area (Å²) in [4.78, 5) is 11.2. The lowest BCUT2D eigenvalue weighted by Gasteiger charge is -2.20. The predicted octanol–water partition coefficient (Wildman–Crippen LogP) is 0.696. The SMILES string of the molecule is CCOC(=O)N[C@@H](CNS(C)(=O)=O)CC(C)C. The number of hydrogen-bond donors (Lipinski definition) is 2. The lowest BCUT2D eigenvalue weighted by Crippen LogP contribution is -2.44. The maximum absolute atomic E-state index is 11.2. The van der Waals surface area contributed by atoms with Crippen LogP contribution in [-0.2, 0) is 14.8 Å². The molecular formula is C10H22N2O4S. The molecule has 1 amide bonds. The van der Waals surface area contributed by atoms with Gasteiger partial charge in [0.15, 0.2) is 0 Å². The number of alkyl carbamates (subject to hydrolysis) is 1. The van der Waals surface area contributed by atoms with E-state index < -0.39 is 16.1 Å². The quantitative estimate of drug-likeness (QED) is 0.710. The van der Waals surface area contributed by atoms with E-state index in [0.29, 0.717) is 18.9 Å². The second-order valence-electron chi connectivity index (χ2n) is 4.31. The molecule has 0 bridgehead atoms. The van der Waals surface area contributed by atoms with Crippen LogP contribution in [0.3, 0.4) is 0 Å². The van der Waals surface area contributed by atoms with Crippen molar-refractivity contribution < 1.29 is 17.9 Å². The van der Waals surface area contributed by atoms with Crippen molar-refractivity contribution in [2.75, 3.05) is 19.4 Å². The van der Waals surface area contributed by atoms with Gasteiger partial charge in [-0.15, -0.1) is 0 Å². The van der Waals surface area contributed by atoms with Crippen molar-refractivity contribution in [2.24, 2.45) is 5.92 Å². The van der Waals surface area contributed by atoms with Crippen molar-refractivity contribution >= 4 is 16.1 Å². The number of hydrogen-bond acceptors (Lipinski definition) is 4. The second kappa shape index (κ2) is 7.50. The third-order valence-electron chi connectivity index (χ3n) is 1.95. The van der Waals surface area contributed by atoms with E-state index in [4.69, 9.17) is 4.74 Å². The summed E-state index contributed by atoms with van der Waals surface area (Å²) in [5.74, 6) is 0.350. The van der Waals surface area contributed by atoms with Crippen LogP contribution in [-0.4, -0.2) is 40.0 Å². The monoisotopic (exact) mass is 266 g/mol. The summed E-state index contributed by atoms with van der Waals surface area (Å²) in [5, 5.41) is 2.63. The first-order chi connectivity index (χ1) is 7.74. The molecule has 0 heterocycles. The van der Waals surface area contributed by atoms with Gasteiger partial charge in [-0.3, -0.25) is 0 Å². The first-order valence-electron chi connectivity index (χ1n) is 5.62. The fourth-order valence-electron chi connectivity index (χ4n) is 1.35. The summed E-state index contributed by atoms with van der Waals surface area (Å²) >= 11 is 0. The number of carbonyl (C=O) groups excluding carboxylic acids is 1. The standard InChI is InChI=1S/C10H22N2O4S/c1-5-16-10(13)12-9(6-8(2)3)7-11-17(4,14)15/h8-9,11H,5-7H2,1-4H3,(H,12,13)/t9-/m1/s1. The van der Waals surface area contributed by atoms with E-state index in [1.807, 2.05) is 13.8 Å². The fourth-order valence-corrected chi connectivity index (χ4v) is 1.86. The van der Waals surface area contributed by atoms with Crippen molar-refractivity contribution in [2.45, 2.75) is 33.2 Å². The number of rotatable bonds is 7. The summed E-state index contributed by atoms with van der Waals surface area (Å²) in [6, 6.07) is -0.260. The minimum Gasteiger partial charge on any atom is -0.450 e. The van der Waals surface area contributed by atoms with Crippen LogP contribution < -0.4 is 10.0 Å². The lowest BCUT2D eigenvalue weighted by atomic mass is 10.0. The van der Waals surface area contributed by atoms with Crippen molar-refractivity contribution in [3.05, 3.63) is 0 Å². The topological polar surface area (TPSA) is 84.5 Å². The van der Waals surface area contributed by atoms with Gasteiger partial charge in [0, 0.05) is 12.6 Å². The number of carbonyl (C=O) groups is 1. The van der Waals surface area contributed by atoms with Crippen molar-refractivity contribution in [3.8, 4) is 0 Å². The lowest BCUT2D eigenvalue weighted by molar-refractivity contribution is 0.146. The van der Waals surface area contributed by atoms with E-state index in [1.54, 1.807) is 6.92 Å². The molecule has 0 radical (unpaired) electrons. The van der Waals surface area contributed by atoms with Gasteiger partial charge >= 0.3 is 6.09 Å². The molecule has 2 N–H and O–H groups in total. The molecule has 102 valence electrons. The molecule has 0 rings (SSSR count). The molecule has 0 aliphatic carbocycles. The minimum absolute atomic E-state index is 0.176. The molecule has 0 aromatic heterocycles. The van der Waals surface area contributed by atoms with Crippen LogP contribution in [0.5, 0.6) is 0 Å². The highest BCUT2D eigenvalue weighted by atomic mass is 32.2. The molecule has 0 aliphatic rings. The van der Waals surface area contributed by atoms with Crippen LogP contribution in [0.25, 0.3) is 0 Å². The van der Waals surface area contributed by atoms with Crippen LogP contribution in [0, 0.1) is 5.92 Å². The van der Waals surface area contributed by atoms with E-state index in [0.717, 1.165) is 6.26 Å². The smallest absolute Gasteiger partial charge is 0.407 e. The summed E-state index contributed by atoms with van der Waals surface area (Å²) in [6.45, 7) is 6.18. The molecule has 0 aromatic carbocycles. The van der Waals surface area contributed by atoms with E-state index >= 15 is 0 Å². The number of amides is 1. The Balaban J connectivity index is 4.28. The van der Waals surface area contributed by atoms with Crippen LogP contribution in [0.15, 0.2) is 0 Å². The number of sulfonamides is 1. The van der Waals surface area contributed by atoms with Crippen molar-refractivity contribution in [3.63, 3.8) is 0 Å². The van der Waals surface area contributed by atoms with Gasteiger partial charge in [-0.25, -0.2) is 17.9 Å². The van der Waals surface area contributed by atoms with Crippen molar-refractivity contribution in [1.29, 1.82) is 0 Å². The second-order valence-corrected chi connectivity index (χ2v) is 6.14. The molecule has 1 atom stereocenters. The fraction of sp³-hybridized carbons (Fsp3) is 0.900. The highest BCUT2D eigenvalue weighted by Crippen LogP contribution is 2.04. The molecule has 0 saturated carbocycles. The normalized spacial score (nSPS) is 13.5. The van der Waals surface area contributed by atoms with Gasteiger partial charge in [0.1, 0.15) is 0 Å². The summed E-state index contributed by atoms with van der Waals surface area (Å²) in [7, 11) is -3.25. The Morgan fingerprint density at radius 1 is 1.35 bits per heavy atom. The molecule has 0 aliphatic heterocycles. The zero-order valence-electron chi connectivity index (χ0n) is 10.8. The first kappa shape index (κ1) is 16.2. The molecule has 0 spiro atoms. The van der Waals surface area contributed by atoms with Crippen LogP contribution >= 0.6 is 0 Å². The van der Waals surface area contributed by atoms with Gasteiger partial charge in [-0.2, -0.15) is 0 Å². The minimum atomic E-state index is -3.25. The Morgan fingerprint density at radius 3 is 2.35 bits per heavy atom. The van der Waals surface area contributed by atoms with Gasteiger partial charge in [0.2, 0.25) is 10.0 Å². The third kappa shape index (κ3) is 10.1. The van der Waals surface area contributed by atoms with E-state index in [2.05, 4.69) is 10.0 Å². The molecule has 0 aromatic rings.